The molecule has 5 aromatic carbocycles. The second-order valence-electron chi connectivity index (χ2n) is 12.0. The molecular formula is C39H36NO4Sb. The maximum atomic E-state index is 15.1. The first-order valence-corrected chi connectivity index (χ1v) is 21.7. The van der Waals surface area contributed by atoms with E-state index in [-0.39, 0.29) is 24.1 Å². The third-order valence-electron chi connectivity index (χ3n) is 9.40. The van der Waals surface area contributed by atoms with Gasteiger partial charge < -0.3 is 0 Å². The Morgan fingerprint density at radius 1 is 0.622 bits per heavy atom. The molecule has 5 aromatic rings. The van der Waals surface area contributed by atoms with Crippen LogP contribution in [0.25, 0.3) is 0 Å². The first kappa shape index (κ1) is 29.5. The number of carbonyl (C=O) groups excluding carboxylic acids is 2. The zero-order valence-corrected chi connectivity index (χ0v) is 27.7. The summed E-state index contributed by atoms with van der Waals surface area (Å²) in [5, 5.41) is 3.08. The molecule has 1 N–H and O–H groups in total. The molecule has 0 unspecified atom stereocenters. The van der Waals surface area contributed by atoms with Crippen molar-refractivity contribution in [3.8, 4) is 0 Å². The standard InChI is InChI=1S/C15H17NO4.4C6H5.Sb/c1-8-3-2-4-9(7-8)16-14(17)12-10-5-6-11(20-10)13(12)15(18)19;4*1-2-4-6-5-3-1;/h2-4,7,10-13H,5-6H2,1H3,(H,16,17)(H,18,19);4*1-5H;/q;;;;;+1/p-1/t10-,11+,12-,13+;;;;;/m1...../s1. The second-order valence-corrected chi connectivity index (χ2v) is 24.3. The van der Waals surface area contributed by atoms with Crippen molar-refractivity contribution in [2.24, 2.45) is 11.8 Å². The number of carbonyl (C=O) groups is 2. The van der Waals surface area contributed by atoms with Crippen LogP contribution in [0.15, 0.2) is 146 Å². The molecule has 226 valence electrons. The van der Waals surface area contributed by atoms with Crippen molar-refractivity contribution in [1.82, 2.24) is 0 Å². The number of anilines is 1. The Labute approximate surface area is 265 Å². The number of amides is 1. The van der Waals surface area contributed by atoms with Gasteiger partial charge in [0.1, 0.15) is 0 Å². The van der Waals surface area contributed by atoms with Crippen LogP contribution in [-0.2, 0) is 17.3 Å². The van der Waals surface area contributed by atoms with Gasteiger partial charge in [-0.05, 0) is 0 Å². The third kappa shape index (κ3) is 4.81. The minimum absolute atomic E-state index is 0.206. The van der Waals surface area contributed by atoms with Gasteiger partial charge in [-0.3, -0.25) is 0 Å². The molecule has 5 nitrogen and oxygen atoms in total. The Kier molecular flexibility index (Phi) is 7.85. The monoisotopic (exact) mass is 703 g/mol. The summed E-state index contributed by atoms with van der Waals surface area (Å²) < 4.78 is 17.7. The van der Waals surface area contributed by atoms with E-state index in [0.717, 1.165) is 32.4 Å². The van der Waals surface area contributed by atoms with Crippen LogP contribution in [0.3, 0.4) is 0 Å². The van der Waals surface area contributed by atoms with Gasteiger partial charge in [0.05, 0.1) is 0 Å². The van der Waals surface area contributed by atoms with Gasteiger partial charge in [0, 0.05) is 0 Å². The molecule has 0 aliphatic carbocycles. The van der Waals surface area contributed by atoms with Crippen LogP contribution < -0.4 is 19.4 Å². The topological polar surface area (TPSA) is 64.6 Å². The van der Waals surface area contributed by atoms with E-state index in [1.807, 2.05) is 104 Å². The molecular weight excluding hydrogens is 668 g/mol. The summed E-state index contributed by atoms with van der Waals surface area (Å²) in [6.07, 6.45) is 0.743. The number of nitrogens with one attached hydrogen (secondary N) is 1. The molecule has 6 heteroatoms. The van der Waals surface area contributed by atoms with E-state index in [0.29, 0.717) is 5.69 Å². The van der Waals surface area contributed by atoms with Crippen molar-refractivity contribution in [1.29, 1.82) is 0 Å². The van der Waals surface area contributed by atoms with Crippen molar-refractivity contribution < 1.29 is 17.3 Å². The molecule has 45 heavy (non-hydrogen) atoms. The number of hydrogen-bond donors (Lipinski definition) is 1. The molecule has 4 atom stereocenters. The second kappa shape index (κ2) is 12.0. The van der Waals surface area contributed by atoms with Crippen LogP contribution in [0.2, 0.25) is 0 Å². The Bertz CT molecular complexity index is 1640. The Morgan fingerprint density at radius 2 is 1.07 bits per heavy atom. The molecule has 2 heterocycles. The maximum absolute atomic E-state index is 15.1. The number of benzene rings is 5. The van der Waals surface area contributed by atoms with Gasteiger partial charge in [0.25, 0.3) is 0 Å². The first-order valence-electron chi connectivity index (χ1n) is 15.5. The fourth-order valence-electron chi connectivity index (χ4n) is 7.45. The van der Waals surface area contributed by atoms with E-state index in [1.165, 1.54) is 0 Å². The molecule has 2 aliphatic rings. The van der Waals surface area contributed by atoms with Crippen LogP contribution in [-0.4, -0.2) is 41.9 Å². The predicted molar refractivity (Wildman–Crippen MR) is 181 cm³/mol. The zero-order valence-electron chi connectivity index (χ0n) is 25.2. The van der Waals surface area contributed by atoms with Gasteiger partial charge in [0.2, 0.25) is 0 Å². The van der Waals surface area contributed by atoms with E-state index in [9.17, 15) is 4.79 Å². The summed E-state index contributed by atoms with van der Waals surface area (Å²) in [5.74, 6) is -1.98. The Morgan fingerprint density at radius 3 is 1.51 bits per heavy atom. The van der Waals surface area contributed by atoms with Gasteiger partial charge >= 0.3 is 267 Å². The Hall–Kier alpha value is -4.18. The normalized spacial score (nSPS) is 21.4. The quantitative estimate of drug-likeness (QED) is 0.236. The number of ether oxygens (including phenoxy) is 1. The van der Waals surface area contributed by atoms with E-state index in [4.69, 9.17) is 7.75 Å². The molecule has 0 aromatic heterocycles. The Balaban J connectivity index is 1.43. The molecule has 2 aliphatic heterocycles. The van der Waals surface area contributed by atoms with Crippen LogP contribution in [0.4, 0.5) is 5.69 Å². The van der Waals surface area contributed by atoms with Crippen molar-refractivity contribution >= 4 is 49.4 Å². The summed E-state index contributed by atoms with van der Waals surface area (Å²) in [4.78, 5) is 29.1. The number of fused-ring (bicyclic) bond motifs is 2. The van der Waals surface area contributed by atoms with E-state index in [2.05, 4.69) is 53.8 Å². The molecule has 0 radical (unpaired) electrons. The molecule has 2 fully saturated rings. The molecule has 7 rings (SSSR count). The van der Waals surface area contributed by atoms with E-state index in [1.54, 1.807) is 0 Å². The average molecular weight is 704 g/mol. The third-order valence-corrected chi connectivity index (χ3v) is 25.6. The summed E-state index contributed by atoms with van der Waals surface area (Å²) in [5.41, 5.74) is 1.76. The van der Waals surface area contributed by atoms with Crippen molar-refractivity contribution in [3.05, 3.63) is 151 Å². The molecule has 0 saturated carbocycles. The van der Waals surface area contributed by atoms with Crippen molar-refractivity contribution in [3.63, 3.8) is 0 Å². The van der Waals surface area contributed by atoms with Crippen LogP contribution >= 0.6 is 0 Å². The van der Waals surface area contributed by atoms with Crippen molar-refractivity contribution in [2.75, 3.05) is 5.32 Å². The van der Waals surface area contributed by atoms with Crippen molar-refractivity contribution in [2.45, 2.75) is 32.0 Å². The number of rotatable bonds is 8. The van der Waals surface area contributed by atoms with Gasteiger partial charge in [-0.25, -0.2) is 0 Å². The fraction of sp³-hybridized carbons (Fsp3) is 0.179. The van der Waals surface area contributed by atoms with E-state index < -0.39 is 29.7 Å². The van der Waals surface area contributed by atoms with E-state index >= 15 is 4.79 Å². The van der Waals surface area contributed by atoms with Crippen LogP contribution in [0.1, 0.15) is 18.4 Å². The van der Waals surface area contributed by atoms with Gasteiger partial charge in [-0.2, -0.15) is 0 Å². The zero-order chi connectivity index (χ0) is 30.9. The van der Waals surface area contributed by atoms with Gasteiger partial charge in [0.15, 0.2) is 0 Å². The molecule has 2 bridgehead atoms. The van der Waals surface area contributed by atoms with Gasteiger partial charge in [-0.15, -0.1) is 0 Å². The first-order chi connectivity index (χ1) is 22.0. The molecule has 0 spiro atoms. The summed E-state index contributed by atoms with van der Waals surface area (Å²) in [7, 11) is 0. The van der Waals surface area contributed by atoms with Gasteiger partial charge in [-0.1, -0.05) is 0 Å². The molecule has 2 saturated heterocycles. The summed E-state index contributed by atoms with van der Waals surface area (Å²) in [6.45, 7) is 1.99. The SMILES string of the molecule is Cc1cccc(NC(=O)[C@H]2[C@@H](C(=O)[O][Sb]([c]3ccccc3)([c]3ccccc3)([c]3ccccc3)[c]3ccccc3)[C@@H]3CC[C@H]2O3)c1. The minimum atomic E-state index is -5.47. The molecule has 1 amide bonds. The average Bonchev–Trinajstić information content (AvgIpc) is 3.72. The number of hydrogen-bond acceptors (Lipinski definition) is 4. The summed E-state index contributed by atoms with van der Waals surface area (Å²) in [6, 6.07) is 48.6. The van der Waals surface area contributed by atoms with Crippen LogP contribution in [0, 0.1) is 18.8 Å². The predicted octanol–water partition coefficient (Wildman–Crippen LogP) is 4.80. The fourth-order valence-corrected chi connectivity index (χ4v) is 23.6. The summed E-state index contributed by atoms with van der Waals surface area (Å²) >= 11 is -5.47. The number of aryl methyl sites for hydroxylation is 1. The van der Waals surface area contributed by atoms with Crippen LogP contribution in [0.5, 0.6) is 0 Å².